The van der Waals surface area contributed by atoms with Gasteiger partial charge in [-0.2, -0.15) is 0 Å². The first-order chi connectivity index (χ1) is 5.77. The number of rotatable bonds is 1. The average molecular weight is 202 g/mol. The van der Waals surface area contributed by atoms with Gasteiger partial charge in [0.05, 0.1) is 4.99 Å². The van der Waals surface area contributed by atoms with Crippen LogP contribution in [-0.2, 0) is 4.79 Å². The van der Waals surface area contributed by atoms with Gasteiger partial charge in [0.1, 0.15) is 0 Å². The summed E-state index contributed by atoms with van der Waals surface area (Å²) in [5.74, 6) is -0.375. The zero-order chi connectivity index (χ0) is 11.0. The highest BCUT2D eigenvalue weighted by Crippen LogP contribution is 1.84. The standard InChI is InChI=1S/C5H9NO.C4H9NS/c1-4(2)3-5(6)7;1-4(6)5(2)3/h3H,1-2H3,(H2,6,7);1-3H3. The highest BCUT2D eigenvalue weighted by atomic mass is 32.1. The van der Waals surface area contributed by atoms with Crippen molar-refractivity contribution < 1.29 is 4.79 Å². The van der Waals surface area contributed by atoms with Crippen molar-refractivity contribution in [1.29, 1.82) is 0 Å². The summed E-state index contributed by atoms with van der Waals surface area (Å²) >= 11 is 4.75. The molecule has 0 atom stereocenters. The zero-order valence-corrected chi connectivity index (χ0v) is 9.73. The van der Waals surface area contributed by atoms with E-state index in [0.29, 0.717) is 0 Å². The topological polar surface area (TPSA) is 46.3 Å². The maximum atomic E-state index is 9.96. The average Bonchev–Trinajstić information content (AvgIpc) is 1.84. The Balaban J connectivity index is 0. The van der Waals surface area contributed by atoms with E-state index in [9.17, 15) is 4.79 Å². The van der Waals surface area contributed by atoms with Gasteiger partial charge in [-0.05, 0) is 20.8 Å². The molecule has 0 radical (unpaired) electrons. The molecule has 4 heteroatoms. The third-order valence-corrected chi connectivity index (χ3v) is 1.43. The van der Waals surface area contributed by atoms with E-state index in [0.717, 1.165) is 10.6 Å². The molecule has 0 saturated carbocycles. The summed E-state index contributed by atoms with van der Waals surface area (Å²) in [6.45, 7) is 5.55. The largest absolute Gasteiger partial charge is 0.373 e. The Morgan fingerprint density at radius 3 is 1.62 bits per heavy atom. The highest BCUT2D eigenvalue weighted by molar-refractivity contribution is 7.80. The van der Waals surface area contributed by atoms with Crippen LogP contribution in [0.1, 0.15) is 20.8 Å². The van der Waals surface area contributed by atoms with Gasteiger partial charge in [0.25, 0.3) is 0 Å². The third kappa shape index (κ3) is 18.2. The van der Waals surface area contributed by atoms with Crippen molar-refractivity contribution in [2.75, 3.05) is 14.1 Å². The minimum absolute atomic E-state index is 0.375. The fourth-order valence-electron chi connectivity index (χ4n) is 0.285. The number of hydrogen-bond donors (Lipinski definition) is 1. The molecule has 2 N–H and O–H groups in total. The molecule has 0 heterocycles. The fourth-order valence-corrected chi connectivity index (χ4v) is 0.285. The van der Waals surface area contributed by atoms with Gasteiger partial charge in [-0.15, -0.1) is 0 Å². The predicted molar refractivity (Wildman–Crippen MR) is 60.6 cm³/mol. The van der Waals surface area contributed by atoms with E-state index in [1.54, 1.807) is 0 Å². The summed E-state index contributed by atoms with van der Waals surface area (Å²) in [6.07, 6.45) is 1.39. The van der Waals surface area contributed by atoms with Gasteiger partial charge in [-0.1, -0.05) is 17.8 Å². The number of thiocarbonyl (C=S) groups is 1. The molecule has 13 heavy (non-hydrogen) atoms. The lowest BCUT2D eigenvalue weighted by Gasteiger charge is -2.06. The summed E-state index contributed by atoms with van der Waals surface area (Å²) in [6, 6.07) is 0. The SMILES string of the molecule is CC(=S)N(C)C.CC(C)=CC(N)=O. The quantitative estimate of drug-likeness (QED) is 0.515. The molecule has 0 aliphatic heterocycles. The van der Waals surface area contributed by atoms with Crippen LogP contribution in [0.15, 0.2) is 11.6 Å². The molecule has 0 aromatic rings. The summed E-state index contributed by atoms with van der Waals surface area (Å²) in [4.78, 5) is 12.8. The highest BCUT2D eigenvalue weighted by Gasteiger charge is 1.82. The number of carbonyl (C=O) groups excluding carboxylic acids is 1. The number of carbonyl (C=O) groups is 1. The molecule has 0 bridgehead atoms. The van der Waals surface area contributed by atoms with E-state index >= 15 is 0 Å². The van der Waals surface area contributed by atoms with Crippen molar-refractivity contribution in [2.45, 2.75) is 20.8 Å². The van der Waals surface area contributed by atoms with Crippen molar-refractivity contribution in [3.8, 4) is 0 Å². The van der Waals surface area contributed by atoms with Crippen LogP contribution >= 0.6 is 12.2 Å². The van der Waals surface area contributed by atoms with Crippen LogP contribution in [0.5, 0.6) is 0 Å². The Morgan fingerprint density at radius 1 is 1.31 bits per heavy atom. The summed E-state index contributed by atoms with van der Waals surface area (Å²) in [5.41, 5.74) is 5.72. The van der Waals surface area contributed by atoms with Crippen LogP contribution in [0.4, 0.5) is 0 Å². The number of nitrogens with zero attached hydrogens (tertiary/aromatic N) is 1. The minimum Gasteiger partial charge on any atom is -0.373 e. The van der Waals surface area contributed by atoms with Crippen LogP contribution in [-0.4, -0.2) is 29.9 Å². The molecule has 0 fully saturated rings. The number of amides is 1. The second-order valence-corrected chi connectivity index (χ2v) is 3.63. The van der Waals surface area contributed by atoms with E-state index in [1.165, 1.54) is 6.08 Å². The molecule has 1 amide bonds. The maximum absolute atomic E-state index is 9.96. The Hall–Kier alpha value is -0.900. The van der Waals surface area contributed by atoms with Gasteiger partial charge in [-0.3, -0.25) is 4.79 Å². The Morgan fingerprint density at radius 2 is 1.62 bits per heavy atom. The third-order valence-electron chi connectivity index (χ3n) is 1.06. The molecule has 0 unspecified atom stereocenters. The van der Waals surface area contributed by atoms with E-state index in [-0.39, 0.29) is 5.91 Å². The first-order valence-corrected chi connectivity index (χ1v) is 4.30. The first-order valence-electron chi connectivity index (χ1n) is 3.89. The minimum atomic E-state index is -0.375. The Bertz CT molecular complexity index is 206. The van der Waals surface area contributed by atoms with Crippen molar-refractivity contribution in [1.82, 2.24) is 4.90 Å². The molecule has 0 aliphatic carbocycles. The lowest BCUT2D eigenvalue weighted by atomic mass is 10.3. The molecule has 3 nitrogen and oxygen atoms in total. The van der Waals surface area contributed by atoms with Crippen molar-refractivity contribution in [3.05, 3.63) is 11.6 Å². The van der Waals surface area contributed by atoms with E-state index < -0.39 is 0 Å². The lowest BCUT2D eigenvalue weighted by molar-refractivity contribution is -0.113. The number of nitrogens with two attached hydrogens (primary N) is 1. The van der Waals surface area contributed by atoms with Gasteiger partial charge in [0, 0.05) is 20.2 Å². The Labute approximate surface area is 85.6 Å². The van der Waals surface area contributed by atoms with E-state index in [4.69, 9.17) is 18.0 Å². The van der Waals surface area contributed by atoms with Crippen LogP contribution in [0.3, 0.4) is 0 Å². The van der Waals surface area contributed by atoms with Crippen LogP contribution < -0.4 is 5.73 Å². The van der Waals surface area contributed by atoms with E-state index in [1.807, 2.05) is 39.8 Å². The number of hydrogen-bond acceptors (Lipinski definition) is 2. The van der Waals surface area contributed by atoms with Gasteiger partial charge in [0.15, 0.2) is 0 Å². The summed E-state index contributed by atoms with van der Waals surface area (Å²) in [5, 5.41) is 0. The molecule has 0 rings (SSSR count). The lowest BCUT2D eigenvalue weighted by Crippen LogP contribution is -2.15. The van der Waals surface area contributed by atoms with Gasteiger partial charge in [0.2, 0.25) is 5.91 Å². The summed E-state index contributed by atoms with van der Waals surface area (Å²) < 4.78 is 0. The van der Waals surface area contributed by atoms with Gasteiger partial charge >= 0.3 is 0 Å². The van der Waals surface area contributed by atoms with Gasteiger partial charge in [-0.25, -0.2) is 0 Å². The van der Waals surface area contributed by atoms with Crippen LogP contribution in [0.25, 0.3) is 0 Å². The van der Waals surface area contributed by atoms with Crippen molar-refractivity contribution in [2.24, 2.45) is 5.73 Å². The first kappa shape index (κ1) is 14.6. The monoisotopic (exact) mass is 202 g/mol. The molecule has 76 valence electrons. The molecular formula is C9H18N2OS. The number of primary amides is 1. The molecule has 0 aliphatic rings. The molecule has 0 aromatic carbocycles. The van der Waals surface area contributed by atoms with Crippen LogP contribution in [0, 0.1) is 0 Å². The second kappa shape index (κ2) is 7.73. The van der Waals surface area contributed by atoms with Crippen LogP contribution in [0.2, 0.25) is 0 Å². The Kier molecular flexibility index (Phi) is 8.69. The molecular weight excluding hydrogens is 184 g/mol. The number of allylic oxidation sites excluding steroid dienone is 1. The molecule has 0 spiro atoms. The van der Waals surface area contributed by atoms with Gasteiger partial charge < -0.3 is 10.6 Å². The van der Waals surface area contributed by atoms with E-state index in [2.05, 4.69) is 0 Å². The second-order valence-electron chi connectivity index (χ2n) is 3.04. The van der Waals surface area contributed by atoms with Crippen molar-refractivity contribution >= 4 is 23.1 Å². The molecule has 0 aromatic heterocycles. The zero-order valence-electron chi connectivity index (χ0n) is 8.92. The smallest absolute Gasteiger partial charge is 0.241 e. The van der Waals surface area contributed by atoms with Crippen molar-refractivity contribution in [3.63, 3.8) is 0 Å². The fraction of sp³-hybridized carbons (Fsp3) is 0.556. The summed E-state index contributed by atoms with van der Waals surface area (Å²) in [7, 11) is 3.87. The molecule has 0 saturated heterocycles. The predicted octanol–water partition coefficient (Wildman–Crippen LogP) is 1.33. The maximum Gasteiger partial charge on any atom is 0.241 e. The normalized spacial score (nSPS) is 7.77.